The number of nitrogens with one attached hydrogen (secondary N) is 2. The molecule has 0 radical (unpaired) electrons. The number of rotatable bonds is 7. The molecule has 1 amide bonds. The maximum Gasteiger partial charge on any atom is 0.408 e. The van der Waals surface area contributed by atoms with Gasteiger partial charge < -0.3 is 15.4 Å². The zero-order valence-electron chi connectivity index (χ0n) is 17.9. The summed E-state index contributed by atoms with van der Waals surface area (Å²) in [5, 5.41) is 10.3. The second kappa shape index (κ2) is 9.86. The monoisotopic (exact) mass is 413 g/mol. The summed E-state index contributed by atoms with van der Waals surface area (Å²) in [6.45, 7) is 9.13. The van der Waals surface area contributed by atoms with Gasteiger partial charge in [0.25, 0.3) is 0 Å². The highest BCUT2D eigenvalue weighted by molar-refractivity contribution is 5.92. The van der Waals surface area contributed by atoms with Gasteiger partial charge in [-0.1, -0.05) is 30.3 Å². The Hall–Kier alpha value is -2.71. The van der Waals surface area contributed by atoms with E-state index in [-0.39, 0.29) is 11.8 Å². The maximum absolute atomic E-state index is 13.4. The van der Waals surface area contributed by atoms with Gasteiger partial charge in [0.15, 0.2) is 5.78 Å². The second-order valence-electron chi connectivity index (χ2n) is 8.47. The highest BCUT2D eigenvalue weighted by Crippen LogP contribution is 2.18. The van der Waals surface area contributed by atoms with E-state index < -0.39 is 17.7 Å². The number of hydrogen-bond donors (Lipinski definition) is 2. The van der Waals surface area contributed by atoms with Crippen molar-refractivity contribution in [1.82, 2.24) is 25.3 Å². The second-order valence-corrected chi connectivity index (χ2v) is 8.47. The van der Waals surface area contributed by atoms with E-state index in [0.717, 1.165) is 25.2 Å². The molecule has 1 aliphatic heterocycles. The van der Waals surface area contributed by atoms with Crippen LogP contribution >= 0.6 is 0 Å². The number of piperazine rings is 1. The number of nitrogens with zero attached hydrogens (tertiary/aromatic N) is 3. The predicted octanol–water partition coefficient (Wildman–Crippen LogP) is 1.99. The molecule has 30 heavy (non-hydrogen) atoms. The van der Waals surface area contributed by atoms with Gasteiger partial charge in [0.05, 0.1) is 12.6 Å². The van der Waals surface area contributed by atoms with Crippen LogP contribution in [-0.2, 0) is 16.1 Å². The molecule has 0 aliphatic carbocycles. The van der Waals surface area contributed by atoms with Crippen molar-refractivity contribution in [1.29, 1.82) is 0 Å². The highest BCUT2D eigenvalue weighted by Gasteiger charge is 2.33. The lowest BCUT2D eigenvalue weighted by Gasteiger charge is -2.34. The van der Waals surface area contributed by atoms with Crippen LogP contribution in [0.15, 0.2) is 48.8 Å². The van der Waals surface area contributed by atoms with Crippen molar-refractivity contribution in [2.45, 2.75) is 45.0 Å². The van der Waals surface area contributed by atoms with Crippen LogP contribution in [0.1, 0.15) is 32.4 Å². The van der Waals surface area contributed by atoms with Gasteiger partial charge in [-0.3, -0.25) is 14.4 Å². The summed E-state index contributed by atoms with van der Waals surface area (Å²) in [4.78, 5) is 28.0. The molecule has 2 heterocycles. The van der Waals surface area contributed by atoms with E-state index in [2.05, 4.69) is 20.6 Å². The van der Waals surface area contributed by atoms with Crippen LogP contribution in [0.2, 0.25) is 0 Å². The quantitative estimate of drug-likeness (QED) is 0.722. The molecule has 0 spiro atoms. The molecule has 1 unspecified atom stereocenters. The topological polar surface area (TPSA) is 88.5 Å². The summed E-state index contributed by atoms with van der Waals surface area (Å²) in [5.41, 5.74) is 0.102. The third-order valence-electron chi connectivity index (χ3n) is 4.89. The molecule has 2 aromatic rings. The smallest absolute Gasteiger partial charge is 0.408 e. The first-order valence-corrected chi connectivity index (χ1v) is 10.3. The number of carbonyl (C=O) groups is 2. The Kier molecular flexibility index (Phi) is 7.23. The fourth-order valence-electron chi connectivity index (χ4n) is 3.47. The number of hydrogen-bond acceptors (Lipinski definition) is 6. The van der Waals surface area contributed by atoms with Crippen molar-refractivity contribution in [3.8, 4) is 0 Å². The van der Waals surface area contributed by atoms with E-state index in [0.29, 0.717) is 13.1 Å². The summed E-state index contributed by atoms with van der Waals surface area (Å²) in [6.07, 6.45) is 3.09. The number of ether oxygens (including phenoxy) is 1. The first-order valence-electron chi connectivity index (χ1n) is 10.3. The predicted molar refractivity (Wildman–Crippen MR) is 114 cm³/mol. The molecule has 8 heteroatoms. The molecule has 3 rings (SSSR count). The van der Waals surface area contributed by atoms with Crippen LogP contribution < -0.4 is 10.6 Å². The van der Waals surface area contributed by atoms with Crippen molar-refractivity contribution in [3.05, 3.63) is 54.4 Å². The number of ketones is 1. The lowest BCUT2D eigenvalue weighted by atomic mass is 9.96. The van der Waals surface area contributed by atoms with Gasteiger partial charge in [0.1, 0.15) is 11.6 Å². The van der Waals surface area contributed by atoms with Gasteiger partial charge in [0.2, 0.25) is 0 Å². The molecule has 0 bridgehead atoms. The van der Waals surface area contributed by atoms with Gasteiger partial charge in [-0.25, -0.2) is 4.79 Å². The molecule has 0 saturated carbocycles. The molecule has 1 aliphatic rings. The summed E-state index contributed by atoms with van der Waals surface area (Å²) < 4.78 is 7.27. The highest BCUT2D eigenvalue weighted by atomic mass is 16.6. The van der Waals surface area contributed by atoms with Crippen molar-refractivity contribution in [3.63, 3.8) is 0 Å². The summed E-state index contributed by atoms with van der Waals surface area (Å²) in [6, 6.07) is 10.0. The van der Waals surface area contributed by atoms with Gasteiger partial charge in [-0.15, -0.1) is 0 Å². The van der Waals surface area contributed by atoms with E-state index in [4.69, 9.17) is 4.74 Å². The van der Waals surface area contributed by atoms with Crippen LogP contribution in [0.4, 0.5) is 4.79 Å². The van der Waals surface area contributed by atoms with Crippen molar-refractivity contribution >= 4 is 11.9 Å². The number of alkyl carbamates (subject to hydrolysis) is 1. The molecular formula is C22H31N5O3. The number of Topliss-reactive ketones (excluding diaryl/α,β-unsaturated/α-hetero) is 1. The average Bonchev–Trinajstić information content (AvgIpc) is 3.23. The Morgan fingerprint density at radius 2 is 2.00 bits per heavy atom. The lowest BCUT2D eigenvalue weighted by Crippen LogP contribution is -2.57. The van der Waals surface area contributed by atoms with Crippen LogP contribution in [0, 0.1) is 0 Å². The minimum atomic E-state index is -0.774. The number of amides is 1. The maximum atomic E-state index is 13.4. The molecule has 1 aromatic carbocycles. The molecule has 8 nitrogen and oxygen atoms in total. The van der Waals surface area contributed by atoms with E-state index >= 15 is 0 Å². The number of carbonyl (C=O) groups excluding carboxylic acids is 2. The number of benzene rings is 1. The van der Waals surface area contributed by atoms with E-state index in [1.165, 1.54) is 0 Å². The Balaban J connectivity index is 1.67. The lowest BCUT2D eigenvalue weighted by molar-refractivity contribution is -0.124. The zero-order valence-corrected chi connectivity index (χ0v) is 17.9. The molecule has 162 valence electrons. The largest absolute Gasteiger partial charge is 0.444 e. The molecule has 1 fully saturated rings. The zero-order chi connectivity index (χ0) is 21.6. The van der Waals surface area contributed by atoms with Crippen molar-refractivity contribution in [2.75, 3.05) is 26.2 Å². The van der Waals surface area contributed by atoms with Gasteiger partial charge >= 0.3 is 6.09 Å². The molecular weight excluding hydrogens is 382 g/mol. The van der Waals surface area contributed by atoms with Gasteiger partial charge in [0, 0.05) is 38.6 Å². The van der Waals surface area contributed by atoms with Gasteiger partial charge in [-0.2, -0.15) is 5.10 Å². The Morgan fingerprint density at radius 3 is 2.67 bits per heavy atom. The third kappa shape index (κ3) is 6.40. The third-order valence-corrected chi connectivity index (χ3v) is 4.89. The van der Waals surface area contributed by atoms with Crippen LogP contribution in [0.5, 0.6) is 0 Å². The first-order chi connectivity index (χ1) is 14.3. The average molecular weight is 414 g/mol. The van der Waals surface area contributed by atoms with Crippen LogP contribution in [0.25, 0.3) is 0 Å². The first kappa shape index (κ1) is 22.0. The minimum absolute atomic E-state index is 0.0733. The normalized spacial score (nSPS) is 18.6. The Bertz CT molecular complexity index is 817. The summed E-state index contributed by atoms with van der Waals surface area (Å²) >= 11 is 0. The molecule has 1 saturated heterocycles. The van der Waals surface area contributed by atoms with Crippen LogP contribution in [-0.4, -0.2) is 64.4 Å². The molecule has 2 N–H and O–H groups in total. The summed E-state index contributed by atoms with van der Waals surface area (Å²) in [7, 11) is 0. The fourth-order valence-corrected chi connectivity index (χ4v) is 3.47. The fraction of sp³-hybridized carbons (Fsp3) is 0.500. The SMILES string of the molecule is CC(C)(C)OC(=O)N[C@@H](C(=O)C1CN(CCn2cccn2)CCN1)c1ccccc1. The standard InChI is InChI=1S/C22H31N5O3/c1-22(2,3)30-21(29)25-19(17-8-5-4-6-9-17)20(28)18-16-26(13-11-23-18)14-15-27-12-7-10-24-27/h4-10,12,18-19,23H,11,13-16H2,1-3H3,(H,25,29)/t18?,19-/m1/s1. The van der Waals surface area contributed by atoms with E-state index in [1.807, 2.05) is 47.3 Å². The Labute approximate surface area is 177 Å². The minimum Gasteiger partial charge on any atom is -0.444 e. The van der Waals surface area contributed by atoms with Crippen LogP contribution in [0.3, 0.4) is 0 Å². The molecule has 1 aromatic heterocycles. The van der Waals surface area contributed by atoms with Gasteiger partial charge in [-0.05, 0) is 32.4 Å². The van der Waals surface area contributed by atoms with E-state index in [1.54, 1.807) is 27.0 Å². The van der Waals surface area contributed by atoms with E-state index in [9.17, 15) is 9.59 Å². The number of aromatic nitrogens is 2. The summed E-state index contributed by atoms with van der Waals surface area (Å²) in [5.74, 6) is -0.0733. The van der Waals surface area contributed by atoms with Crippen molar-refractivity contribution in [2.24, 2.45) is 0 Å². The van der Waals surface area contributed by atoms with Crippen molar-refractivity contribution < 1.29 is 14.3 Å². The Morgan fingerprint density at radius 1 is 1.23 bits per heavy atom. The molecule has 2 atom stereocenters.